The van der Waals surface area contributed by atoms with E-state index in [-0.39, 0.29) is 6.54 Å². The average Bonchev–Trinajstić information content (AvgIpc) is 3.13. The van der Waals surface area contributed by atoms with Gasteiger partial charge in [0.05, 0.1) is 18.4 Å². The molecule has 2 N–H and O–H groups in total. The second-order valence-electron chi connectivity index (χ2n) is 5.54. The van der Waals surface area contributed by atoms with E-state index in [1.54, 1.807) is 42.6 Å². The number of hydrogen-bond acceptors (Lipinski definition) is 4. The number of nitrogens with zero attached hydrogens (tertiary/aromatic N) is 1. The molecule has 136 valence electrons. The minimum Gasteiger partial charge on any atom is -0.458 e. The maximum Gasteiger partial charge on any atom is 0.313 e. The first-order valence-corrected chi connectivity index (χ1v) is 8.92. The molecule has 2 aromatic carbocycles. The zero-order valence-electron chi connectivity index (χ0n) is 14.2. The topological polar surface area (TPSA) is 83.7 Å². The summed E-state index contributed by atoms with van der Waals surface area (Å²) < 4.78 is 6.52. The summed E-state index contributed by atoms with van der Waals surface area (Å²) in [7, 11) is 0. The minimum absolute atomic E-state index is 0.103. The van der Waals surface area contributed by atoms with Crippen molar-refractivity contribution < 1.29 is 14.0 Å². The summed E-state index contributed by atoms with van der Waals surface area (Å²) in [6.07, 6.45) is 1.59. The van der Waals surface area contributed by atoms with Crippen LogP contribution in [0.3, 0.4) is 0 Å². The predicted molar refractivity (Wildman–Crippen MR) is 107 cm³/mol. The van der Waals surface area contributed by atoms with Crippen LogP contribution in [0, 0.1) is 0 Å². The molecule has 3 aromatic rings. The van der Waals surface area contributed by atoms with Crippen molar-refractivity contribution in [2.24, 2.45) is 4.99 Å². The summed E-state index contributed by atoms with van der Waals surface area (Å²) >= 11 is 3.39. The molecule has 1 aromatic heterocycles. The lowest BCUT2D eigenvalue weighted by Crippen LogP contribution is -2.34. The molecule has 0 saturated heterocycles. The number of halogens is 1. The highest BCUT2D eigenvalue weighted by molar-refractivity contribution is 9.10. The number of benzene rings is 2. The molecule has 0 unspecified atom stereocenters. The van der Waals surface area contributed by atoms with Gasteiger partial charge in [-0.2, -0.15) is 0 Å². The second kappa shape index (κ2) is 8.95. The standard InChI is InChI=1S/C20H16BrN3O3/c21-14-5-4-8-16(11-14)22-12-17-9-10-18(27-17)13-23-19(25)20(26)24-15-6-2-1-3-7-15/h1-12H,13H2,(H,23,25)(H,24,26). The van der Waals surface area contributed by atoms with E-state index in [1.165, 1.54) is 0 Å². The zero-order chi connectivity index (χ0) is 19.1. The van der Waals surface area contributed by atoms with Gasteiger partial charge in [-0.1, -0.05) is 40.2 Å². The van der Waals surface area contributed by atoms with Gasteiger partial charge < -0.3 is 15.1 Å². The minimum atomic E-state index is -0.736. The van der Waals surface area contributed by atoms with Crippen molar-refractivity contribution in [1.82, 2.24) is 5.32 Å². The Balaban J connectivity index is 1.51. The van der Waals surface area contributed by atoms with E-state index in [9.17, 15) is 9.59 Å². The number of amides is 2. The lowest BCUT2D eigenvalue weighted by Gasteiger charge is -2.05. The molecule has 0 fully saturated rings. The van der Waals surface area contributed by atoms with Crippen molar-refractivity contribution >= 4 is 45.3 Å². The molecule has 0 spiro atoms. The molecule has 1 heterocycles. The number of carbonyl (C=O) groups excluding carboxylic acids is 2. The number of para-hydroxylation sites is 1. The molecule has 0 aliphatic heterocycles. The molecular formula is C20H16BrN3O3. The quantitative estimate of drug-likeness (QED) is 0.477. The predicted octanol–water partition coefficient (Wildman–Crippen LogP) is 4.05. The van der Waals surface area contributed by atoms with E-state index in [4.69, 9.17) is 4.42 Å². The van der Waals surface area contributed by atoms with E-state index >= 15 is 0 Å². The summed E-state index contributed by atoms with van der Waals surface area (Å²) in [5.74, 6) is -0.400. The second-order valence-corrected chi connectivity index (χ2v) is 6.46. The summed E-state index contributed by atoms with van der Waals surface area (Å²) in [5, 5.41) is 5.04. The highest BCUT2D eigenvalue weighted by Gasteiger charge is 2.13. The molecule has 6 nitrogen and oxygen atoms in total. The van der Waals surface area contributed by atoms with Crippen molar-refractivity contribution in [3.05, 3.63) is 82.7 Å². The first-order valence-electron chi connectivity index (χ1n) is 8.13. The summed E-state index contributed by atoms with van der Waals surface area (Å²) in [4.78, 5) is 28.0. The van der Waals surface area contributed by atoms with Crippen LogP contribution in [0.25, 0.3) is 0 Å². The monoisotopic (exact) mass is 425 g/mol. The number of rotatable bonds is 5. The van der Waals surface area contributed by atoms with Crippen molar-refractivity contribution in [2.75, 3.05) is 5.32 Å². The van der Waals surface area contributed by atoms with Crippen LogP contribution in [-0.4, -0.2) is 18.0 Å². The van der Waals surface area contributed by atoms with Crippen LogP contribution in [0.1, 0.15) is 11.5 Å². The molecule has 0 saturated carbocycles. The highest BCUT2D eigenvalue weighted by atomic mass is 79.9. The van der Waals surface area contributed by atoms with Crippen LogP contribution in [0.5, 0.6) is 0 Å². The van der Waals surface area contributed by atoms with E-state index in [1.807, 2.05) is 30.3 Å². The molecule has 0 bridgehead atoms. The Morgan fingerprint density at radius 2 is 1.81 bits per heavy atom. The molecule has 0 atom stereocenters. The van der Waals surface area contributed by atoms with Crippen molar-refractivity contribution in [2.45, 2.75) is 6.54 Å². The fourth-order valence-electron chi connectivity index (χ4n) is 2.21. The molecule has 0 radical (unpaired) electrons. The van der Waals surface area contributed by atoms with Gasteiger partial charge in [-0.3, -0.25) is 14.6 Å². The lowest BCUT2D eigenvalue weighted by atomic mass is 10.3. The first kappa shape index (κ1) is 18.6. The molecule has 3 rings (SSSR count). The molecule has 0 aliphatic carbocycles. The van der Waals surface area contributed by atoms with Crippen LogP contribution in [-0.2, 0) is 16.1 Å². The van der Waals surface area contributed by atoms with Crippen LogP contribution >= 0.6 is 15.9 Å². The molecule has 2 amide bonds. The Bertz CT molecular complexity index is 967. The highest BCUT2D eigenvalue weighted by Crippen LogP contribution is 2.18. The Hall–Kier alpha value is -3.19. The van der Waals surface area contributed by atoms with Gasteiger partial charge in [0.15, 0.2) is 0 Å². The Kier molecular flexibility index (Phi) is 6.17. The number of hydrogen-bond donors (Lipinski definition) is 2. The fraction of sp³-hybridized carbons (Fsp3) is 0.0500. The molecule has 7 heteroatoms. The largest absolute Gasteiger partial charge is 0.458 e. The van der Waals surface area contributed by atoms with Gasteiger partial charge in [-0.15, -0.1) is 0 Å². The van der Waals surface area contributed by atoms with E-state index in [0.717, 1.165) is 10.2 Å². The number of carbonyl (C=O) groups is 2. The van der Waals surface area contributed by atoms with Crippen LogP contribution in [0.2, 0.25) is 0 Å². The SMILES string of the molecule is O=C(NCc1ccc(C=Nc2cccc(Br)c2)o1)C(=O)Nc1ccccc1. The van der Waals surface area contributed by atoms with Crippen molar-refractivity contribution in [3.8, 4) is 0 Å². The third kappa shape index (κ3) is 5.65. The molecular weight excluding hydrogens is 410 g/mol. The normalized spacial score (nSPS) is 10.7. The average molecular weight is 426 g/mol. The lowest BCUT2D eigenvalue weighted by molar-refractivity contribution is -0.136. The van der Waals surface area contributed by atoms with E-state index in [2.05, 4.69) is 31.6 Å². The molecule has 27 heavy (non-hydrogen) atoms. The summed E-state index contributed by atoms with van der Waals surface area (Å²) in [5.41, 5.74) is 1.34. The Labute approximate surface area is 164 Å². The van der Waals surface area contributed by atoms with Gasteiger partial charge >= 0.3 is 11.8 Å². The number of furan rings is 1. The van der Waals surface area contributed by atoms with Crippen LogP contribution in [0.15, 0.2) is 80.6 Å². The Morgan fingerprint density at radius 3 is 2.59 bits per heavy atom. The maximum absolute atomic E-state index is 11.9. The fourth-order valence-corrected chi connectivity index (χ4v) is 2.60. The van der Waals surface area contributed by atoms with E-state index < -0.39 is 11.8 Å². The van der Waals surface area contributed by atoms with Gasteiger partial charge in [0.2, 0.25) is 0 Å². The van der Waals surface area contributed by atoms with Gasteiger partial charge in [-0.25, -0.2) is 0 Å². The first-order chi connectivity index (χ1) is 13.1. The third-order valence-electron chi connectivity index (χ3n) is 3.49. The smallest absolute Gasteiger partial charge is 0.313 e. The number of anilines is 1. The van der Waals surface area contributed by atoms with Gasteiger partial charge in [0.1, 0.15) is 11.5 Å². The zero-order valence-corrected chi connectivity index (χ0v) is 15.8. The summed E-state index contributed by atoms with van der Waals surface area (Å²) in [6, 6.07) is 19.8. The summed E-state index contributed by atoms with van der Waals surface area (Å²) in [6.45, 7) is 0.103. The van der Waals surface area contributed by atoms with Crippen LogP contribution < -0.4 is 10.6 Å². The van der Waals surface area contributed by atoms with E-state index in [0.29, 0.717) is 17.2 Å². The maximum atomic E-state index is 11.9. The van der Waals surface area contributed by atoms with Gasteiger partial charge in [-0.05, 0) is 42.5 Å². The van der Waals surface area contributed by atoms with Gasteiger partial charge in [0.25, 0.3) is 0 Å². The van der Waals surface area contributed by atoms with Crippen molar-refractivity contribution in [3.63, 3.8) is 0 Å². The number of nitrogens with one attached hydrogen (secondary N) is 2. The Morgan fingerprint density at radius 1 is 1.00 bits per heavy atom. The third-order valence-corrected chi connectivity index (χ3v) is 3.99. The molecule has 0 aliphatic rings. The number of aliphatic imine (C=N–C) groups is 1. The van der Waals surface area contributed by atoms with Crippen LogP contribution in [0.4, 0.5) is 11.4 Å². The van der Waals surface area contributed by atoms with Gasteiger partial charge in [0, 0.05) is 10.2 Å². The van der Waals surface area contributed by atoms with Crippen molar-refractivity contribution in [1.29, 1.82) is 0 Å².